The third kappa shape index (κ3) is 5.64. The number of benzene rings is 1. The lowest BCUT2D eigenvalue weighted by atomic mass is 10.2. The van der Waals surface area contributed by atoms with Crippen LogP contribution in [0.15, 0.2) is 24.3 Å². The maximum Gasteiger partial charge on any atom is -0.0201 e. The molecule has 84 valence electrons. The molecule has 1 aromatic rings. The zero-order chi connectivity index (χ0) is 10.9. The van der Waals surface area contributed by atoms with Crippen molar-refractivity contribution >= 4 is 21.8 Å². The van der Waals surface area contributed by atoms with Crippen molar-refractivity contribution in [3.63, 3.8) is 0 Å². The summed E-state index contributed by atoms with van der Waals surface area (Å²) in [5, 5.41) is 1.58. The van der Waals surface area contributed by atoms with E-state index in [-0.39, 0.29) is 0 Å². The summed E-state index contributed by atoms with van der Waals surface area (Å²) >= 11 is 0. The molecule has 15 heavy (non-hydrogen) atoms. The molecular formula is C13H22P2. The van der Waals surface area contributed by atoms with Gasteiger partial charge in [0.25, 0.3) is 0 Å². The molecule has 0 spiro atoms. The molecule has 0 aliphatic rings. The van der Waals surface area contributed by atoms with Crippen molar-refractivity contribution in [3.05, 3.63) is 29.8 Å². The molecule has 0 aromatic heterocycles. The first-order chi connectivity index (χ1) is 7.34. The SMILES string of the molecule is CCCCCCPPc1ccccc1C. The summed E-state index contributed by atoms with van der Waals surface area (Å²) in [6, 6.07) is 8.81. The van der Waals surface area contributed by atoms with E-state index in [2.05, 4.69) is 38.1 Å². The normalized spacial score (nSPS) is 12.1. The van der Waals surface area contributed by atoms with E-state index in [4.69, 9.17) is 0 Å². The lowest BCUT2D eigenvalue weighted by Gasteiger charge is -2.05. The maximum atomic E-state index is 2.28. The van der Waals surface area contributed by atoms with Gasteiger partial charge < -0.3 is 0 Å². The molecule has 0 saturated heterocycles. The molecule has 0 fully saturated rings. The largest absolute Gasteiger partial charge is 0.0946 e. The summed E-state index contributed by atoms with van der Waals surface area (Å²) in [6.07, 6.45) is 7.07. The molecule has 0 radical (unpaired) electrons. The Balaban J connectivity index is 2.12. The Kier molecular flexibility index (Phi) is 7.24. The number of hydrogen-bond acceptors (Lipinski definition) is 0. The van der Waals surface area contributed by atoms with E-state index >= 15 is 0 Å². The minimum atomic E-state index is 1.04. The van der Waals surface area contributed by atoms with E-state index in [1.54, 1.807) is 5.30 Å². The molecule has 0 aliphatic carbocycles. The Bertz CT molecular complexity index is 271. The number of hydrogen-bond donors (Lipinski definition) is 0. The van der Waals surface area contributed by atoms with Gasteiger partial charge in [0, 0.05) is 0 Å². The van der Waals surface area contributed by atoms with E-state index in [9.17, 15) is 0 Å². The van der Waals surface area contributed by atoms with Crippen molar-refractivity contribution in [1.29, 1.82) is 0 Å². The van der Waals surface area contributed by atoms with Crippen LogP contribution in [0.3, 0.4) is 0 Å². The fraction of sp³-hybridized carbons (Fsp3) is 0.538. The van der Waals surface area contributed by atoms with Crippen LogP contribution in [0.2, 0.25) is 0 Å². The van der Waals surface area contributed by atoms with Gasteiger partial charge in [-0.15, -0.1) is 0 Å². The molecule has 2 heteroatoms. The molecule has 0 nitrogen and oxygen atoms in total. The van der Waals surface area contributed by atoms with Crippen LogP contribution < -0.4 is 5.30 Å². The molecular weight excluding hydrogens is 218 g/mol. The summed E-state index contributed by atoms with van der Waals surface area (Å²) in [6.45, 7) is 4.50. The Morgan fingerprint density at radius 3 is 2.60 bits per heavy atom. The number of aryl methyl sites for hydroxylation is 1. The highest BCUT2D eigenvalue weighted by Crippen LogP contribution is 2.37. The molecule has 2 unspecified atom stereocenters. The second kappa shape index (κ2) is 8.26. The van der Waals surface area contributed by atoms with Gasteiger partial charge in [-0.05, 0) is 30.4 Å². The quantitative estimate of drug-likeness (QED) is 0.487. The van der Waals surface area contributed by atoms with Crippen molar-refractivity contribution in [2.75, 3.05) is 6.16 Å². The predicted octanol–water partition coefficient (Wildman–Crippen LogP) is 4.47. The van der Waals surface area contributed by atoms with Crippen molar-refractivity contribution < 1.29 is 0 Å². The Morgan fingerprint density at radius 2 is 1.87 bits per heavy atom. The third-order valence-electron chi connectivity index (χ3n) is 2.52. The molecule has 2 atom stereocenters. The monoisotopic (exact) mass is 240 g/mol. The van der Waals surface area contributed by atoms with E-state index < -0.39 is 0 Å². The molecule has 0 bridgehead atoms. The van der Waals surface area contributed by atoms with Crippen molar-refractivity contribution in [2.45, 2.75) is 39.5 Å². The number of rotatable bonds is 7. The minimum Gasteiger partial charge on any atom is -0.0946 e. The second-order valence-corrected chi connectivity index (χ2v) is 7.38. The van der Waals surface area contributed by atoms with Crippen LogP contribution in [0.4, 0.5) is 0 Å². The van der Waals surface area contributed by atoms with E-state index in [1.165, 1.54) is 37.4 Å². The van der Waals surface area contributed by atoms with Crippen LogP contribution in [-0.2, 0) is 0 Å². The topological polar surface area (TPSA) is 0 Å². The summed E-state index contributed by atoms with van der Waals surface area (Å²) in [5.74, 6) is 0. The summed E-state index contributed by atoms with van der Waals surface area (Å²) in [5.41, 5.74) is 1.47. The van der Waals surface area contributed by atoms with Gasteiger partial charge in [0.1, 0.15) is 0 Å². The Hall–Kier alpha value is 0.0800. The summed E-state index contributed by atoms with van der Waals surface area (Å²) in [4.78, 5) is 0. The van der Waals surface area contributed by atoms with Gasteiger partial charge in [0.2, 0.25) is 0 Å². The first-order valence-corrected chi connectivity index (χ1v) is 9.10. The standard InChI is InChI=1S/C13H22P2/c1-3-4-5-8-11-14-15-13-10-7-6-9-12(13)2/h6-7,9-10,14-15H,3-5,8,11H2,1-2H3. The fourth-order valence-electron chi connectivity index (χ4n) is 1.51. The van der Waals surface area contributed by atoms with Gasteiger partial charge in [-0.2, -0.15) is 0 Å². The van der Waals surface area contributed by atoms with Crippen LogP contribution in [-0.4, -0.2) is 6.16 Å². The Morgan fingerprint density at radius 1 is 1.07 bits per heavy atom. The lowest BCUT2D eigenvalue weighted by molar-refractivity contribution is 0.706. The summed E-state index contributed by atoms with van der Waals surface area (Å²) in [7, 11) is 2.19. The van der Waals surface area contributed by atoms with E-state index in [0.29, 0.717) is 0 Å². The predicted molar refractivity (Wildman–Crippen MR) is 76.5 cm³/mol. The first kappa shape index (κ1) is 13.1. The zero-order valence-corrected chi connectivity index (χ0v) is 11.8. The van der Waals surface area contributed by atoms with E-state index in [1.807, 2.05) is 0 Å². The van der Waals surface area contributed by atoms with Gasteiger partial charge in [-0.3, -0.25) is 0 Å². The van der Waals surface area contributed by atoms with Crippen LogP contribution in [0, 0.1) is 6.92 Å². The van der Waals surface area contributed by atoms with Crippen LogP contribution >= 0.6 is 16.5 Å². The van der Waals surface area contributed by atoms with E-state index in [0.717, 1.165) is 16.5 Å². The average molecular weight is 240 g/mol. The van der Waals surface area contributed by atoms with Gasteiger partial charge >= 0.3 is 0 Å². The molecule has 1 aromatic carbocycles. The fourth-order valence-corrected chi connectivity index (χ4v) is 5.03. The highest BCUT2D eigenvalue weighted by Gasteiger charge is 1.96. The highest BCUT2D eigenvalue weighted by molar-refractivity contribution is 8.15. The second-order valence-electron chi connectivity index (χ2n) is 3.93. The van der Waals surface area contributed by atoms with Gasteiger partial charge in [0.15, 0.2) is 0 Å². The highest BCUT2D eigenvalue weighted by atomic mass is 32.0. The minimum absolute atomic E-state index is 1.04. The van der Waals surface area contributed by atoms with Gasteiger partial charge in [0.05, 0.1) is 0 Å². The molecule has 1 rings (SSSR count). The number of unbranched alkanes of at least 4 members (excludes halogenated alkanes) is 3. The Labute approximate surface area is 97.7 Å². The van der Waals surface area contributed by atoms with Crippen molar-refractivity contribution in [2.24, 2.45) is 0 Å². The molecule has 0 saturated carbocycles. The van der Waals surface area contributed by atoms with Crippen LogP contribution in [0.25, 0.3) is 0 Å². The van der Waals surface area contributed by atoms with Crippen molar-refractivity contribution in [1.82, 2.24) is 0 Å². The molecule has 0 amide bonds. The molecule has 0 N–H and O–H groups in total. The zero-order valence-electron chi connectivity index (χ0n) is 9.84. The molecule has 0 heterocycles. The smallest absolute Gasteiger partial charge is 0.0201 e. The first-order valence-electron chi connectivity index (χ1n) is 5.89. The summed E-state index contributed by atoms with van der Waals surface area (Å²) < 4.78 is 0. The van der Waals surface area contributed by atoms with Gasteiger partial charge in [-0.25, -0.2) is 0 Å². The lowest BCUT2D eigenvalue weighted by Crippen LogP contribution is -1.96. The van der Waals surface area contributed by atoms with Gasteiger partial charge in [-0.1, -0.05) is 67.0 Å². The van der Waals surface area contributed by atoms with Crippen LogP contribution in [0.5, 0.6) is 0 Å². The van der Waals surface area contributed by atoms with Crippen LogP contribution in [0.1, 0.15) is 38.2 Å². The average Bonchev–Trinajstić information content (AvgIpc) is 2.25. The third-order valence-corrected chi connectivity index (χ3v) is 6.22. The van der Waals surface area contributed by atoms with Crippen molar-refractivity contribution in [3.8, 4) is 0 Å². The molecule has 0 aliphatic heterocycles. The maximum absolute atomic E-state index is 2.28.